The molecular weight excluding hydrogens is 549 g/mol. The smallest absolute Gasteiger partial charge is 0.208 e. The summed E-state index contributed by atoms with van der Waals surface area (Å²) in [6.07, 6.45) is 0. The Kier molecular flexibility index (Phi) is 7.37. The van der Waals surface area contributed by atoms with Crippen LogP contribution in [0.4, 0.5) is 0 Å². The van der Waals surface area contributed by atoms with Crippen molar-refractivity contribution in [1.29, 1.82) is 0 Å². The van der Waals surface area contributed by atoms with Crippen LogP contribution in [0.2, 0.25) is 0 Å². The maximum Gasteiger partial charge on any atom is 0.208 e. The van der Waals surface area contributed by atoms with E-state index in [0.717, 1.165) is 32.7 Å². The summed E-state index contributed by atoms with van der Waals surface area (Å²) in [5.41, 5.74) is 0. The highest BCUT2D eigenvalue weighted by Crippen LogP contribution is 2.38. The predicted octanol–water partition coefficient (Wildman–Crippen LogP) is 8.28. The van der Waals surface area contributed by atoms with Gasteiger partial charge >= 0.3 is 0 Å². The molecule has 0 fully saturated rings. The zero-order valence-corrected chi connectivity index (χ0v) is 23.9. The fourth-order valence-electron chi connectivity index (χ4n) is 5.22. The van der Waals surface area contributed by atoms with Crippen molar-refractivity contribution in [3.63, 3.8) is 0 Å². The molecule has 0 spiro atoms. The first-order valence-electron chi connectivity index (χ1n) is 13.1. The SMILES string of the molecule is COc1ccccc1[S+](c1ccccc1)c1ccccc1.O=S(=O)([O-])c1ccc2ccc3cccc4ccc1c2c34. The first-order chi connectivity index (χ1) is 20.0. The zero-order valence-electron chi connectivity index (χ0n) is 22.2. The van der Waals surface area contributed by atoms with Crippen LogP contribution in [0.15, 0.2) is 159 Å². The minimum absolute atomic E-state index is 0.150. The average Bonchev–Trinajstić information content (AvgIpc) is 3.01. The summed E-state index contributed by atoms with van der Waals surface area (Å²) in [5.74, 6) is 0.938. The maximum atomic E-state index is 11.4. The molecule has 7 rings (SSSR count). The van der Waals surface area contributed by atoms with E-state index in [1.165, 1.54) is 20.8 Å². The summed E-state index contributed by atoms with van der Waals surface area (Å²) >= 11 is 0. The number of hydrogen-bond donors (Lipinski definition) is 0. The van der Waals surface area contributed by atoms with Crippen molar-refractivity contribution in [2.45, 2.75) is 19.6 Å². The highest BCUT2D eigenvalue weighted by Gasteiger charge is 2.31. The van der Waals surface area contributed by atoms with Crippen LogP contribution >= 0.6 is 0 Å². The van der Waals surface area contributed by atoms with E-state index < -0.39 is 10.1 Å². The topological polar surface area (TPSA) is 66.4 Å². The molecule has 6 heteroatoms. The summed E-state index contributed by atoms with van der Waals surface area (Å²) in [4.78, 5) is 3.67. The van der Waals surface area contributed by atoms with Crippen LogP contribution in [0, 0.1) is 0 Å². The van der Waals surface area contributed by atoms with Crippen LogP contribution < -0.4 is 4.74 Å². The minimum Gasteiger partial charge on any atom is -0.744 e. The van der Waals surface area contributed by atoms with Gasteiger partial charge in [0.05, 0.1) is 12.0 Å². The molecule has 0 amide bonds. The van der Waals surface area contributed by atoms with Crippen molar-refractivity contribution < 1.29 is 17.7 Å². The summed E-state index contributed by atoms with van der Waals surface area (Å²) in [7, 11) is -2.90. The van der Waals surface area contributed by atoms with Gasteiger partial charge < -0.3 is 9.29 Å². The largest absolute Gasteiger partial charge is 0.744 e. The zero-order chi connectivity index (χ0) is 28.4. The Bertz CT molecular complexity index is 2000. The van der Waals surface area contributed by atoms with Crippen molar-refractivity contribution in [3.05, 3.63) is 140 Å². The van der Waals surface area contributed by atoms with Crippen LogP contribution in [-0.2, 0) is 21.0 Å². The van der Waals surface area contributed by atoms with Crippen molar-refractivity contribution >= 4 is 53.3 Å². The molecule has 0 aliphatic rings. The molecule has 0 unspecified atom stereocenters. The molecule has 0 heterocycles. The Morgan fingerprint density at radius 1 is 0.561 bits per heavy atom. The quantitative estimate of drug-likeness (QED) is 0.118. The predicted molar refractivity (Wildman–Crippen MR) is 166 cm³/mol. The number of methoxy groups -OCH3 is 1. The third-order valence-electron chi connectivity index (χ3n) is 7.00. The van der Waals surface area contributed by atoms with Crippen molar-refractivity contribution in [3.8, 4) is 5.75 Å². The highest BCUT2D eigenvalue weighted by molar-refractivity contribution is 7.97. The Morgan fingerprint density at radius 3 is 1.66 bits per heavy atom. The van der Waals surface area contributed by atoms with E-state index in [-0.39, 0.29) is 15.8 Å². The number of ether oxygens (including phenoxy) is 1. The minimum atomic E-state index is -4.48. The van der Waals surface area contributed by atoms with Gasteiger partial charge in [0.15, 0.2) is 15.5 Å². The van der Waals surface area contributed by atoms with Gasteiger partial charge in [0.2, 0.25) is 4.90 Å². The van der Waals surface area contributed by atoms with E-state index in [0.29, 0.717) is 5.39 Å². The standard InChI is InChI=1S/C19H17OS.C16H10O3S/c1-20-18-14-8-9-15-19(18)21(16-10-4-2-5-11-16)17-12-6-3-7-13-17;17-20(18,19)14-9-7-12-5-4-10-2-1-3-11-6-8-13(14)16(12)15(10)11/h2-15H,1H3;1-9H,(H,17,18,19)/q+1;/p-1. The molecule has 0 aliphatic carbocycles. The van der Waals surface area contributed by atoms with Gasteiger partial charge in [-0.05, 0) is 69.4 Å². The molecular formula is C35H26O4S2. The average molecular weight is 575 g/mol. The lowest BCUT2D eigenvalue weighted by molar-refractivity contribution is 0.404. The lowest BCUT2D eigenvalue weighted by Crippen LogP contribution is -2.06. The number of benzene rings is 7. The lowest BCUT2D eigenvalue weighted by atomic mass is 9.94. The summed E-state index contributed by atoms with van der Waals surface area (Å²) in [5, 5.41) is 5.38. The van der Waals surface area contributed by atoms with Crippen LogP contribution in [-0.4, -0.2) is 20.1 Å². The monoisotopic (exact) mass is 574 g/mol. The molecule has 7 aromatic rings. The normalized spacial score (nSPS) is 11.6. The molecule has 0 saturated carbocycles. The molecule has 0 saturated heterocycles. The second-order valence-electron chi connectivity index (χ2n) is 9.46. The third-order valence-corrected chi connectivity index (χ3v) is 10.2. The molecule has 0 bridgehead atoms. The summed E-state index contributed by atoms with van der Waals surface area (Å²) in [6, 6.07) is 46.0. The van der Waals surface area contributed by atoms with E-state index in [9.17, 15) is 13.0 Å². The molecule has 0 N–H and O–H groups in total. The first kappa shape index (κ1) is 26.8. The highest BCUT2D eigenvalue weighted by atomic mass is 32.2. The molecule has 4 nitrogen and oxygen atoms in total. The molecule has 0 atom stereocenters. The van der Waals surface area contributed by atoms with E-state index in [2.05, 4.69) is 72.8 Å². The molecule has 0 aliphatic heterocycles. The summed E-state index contributed by atoms with van der Waals surface area (Å²) < 4.78 is 39.8. The van der Waals surface area contributed by atoms with Crippen LogP contribution in [0.3, 0.4) is 0 Å². The van der Waals surface area contributed by atoms with E-state index in [1.54, 1.807) is 19.2 Å². The van der Waals surface area contributed by atoms with Gasteiger partial charge in [-0.2, -0.15) is 0 Å². The van der Waals surface area contributed by atoms with Crippen LogP contribution in [0.5, 0.6) is 5.75 Å². The second-order valence-corrected chi connectivity index (χ2v) is 12.8. The van der Waals surface area contributed by atoms with Crippen molar-refractivity contribution in [2.24, 2.45) is 0 Å². The molecule has 0 radical (unpaired) electrons. The first-order valence-corrected chi connectivity index (χ1v) is 15.7. The molecule has 41 heavy (non-hydrogen) atoms. The lowest BCUT2D eigenvalue weighted by Gasteiger charge is -2.15. The summed E-state index contributed by atoms with van der Waals surface area (Å²) in [6.45, 7) is 0. The van der Waals surface area contributed by atoms with Gasteiger partial charge in [0, 0.05) is 5.39 Å². The van der Waals surface area contributed by atoms with Gasteiger partial charge in [-0.3, -0.25) is 0 Å². The third kappa shape index (κ3) is 5.25. The van der Waals surface area contributed by atoms with Gasteiger partial charge in [0.1, 0.15) is 21.0 Å². The van der Waals surface area contributed by atoms with Crippen molar-refractivity contribution in [1.82, 2.24) is 0 Å². The Hall–Kier alpha value is -4.36. The van der Waals surface area contributed by atoms with E-state index in [4.69, 9.17) is 4.74 Å². The van der Waals surface area contributed by atoms with E-state index in [1.807, 2.05) is 48.5 Å². The number of hydrogen-bond acceptors (Lipinski definition) is 4. The Morgan fingerprint density at radius 2 is 1.07 bits per heavy atom. The fourth-order valence-corrected chi connectivity index (χ4v) is 8.10. The van der Waals surface area contributed by atoms with Crippen LogP contribution in [0.25, 0.3) is 32.3 Å². The Labute approximate surface area is 242 Å². The van der Waals surface area contributed by atoms with Crippen LogP contribution in [0.1, 0.15) is 0 Å². The molecule has 0 aromatic heterocycles. The molecule has 202 valence electrons. The van der Waals surface area contributed by atoms with E-state index >= 15 is 0 Å². The maximum absolute atomic E-state index is 11.4. The number of para-hydroxylation sites is 1. The molecule has 7 aromatic carbocycles. The number of rotatable bonds is 5. The second kappa shape index (κ2) is 11.3. The Balaban J connectivity index is 0.000000148. The van der Waals surface area contributed by atoms with Gasteiger partial charge in [-0.1, -0.05) is 97.1 Å². The van der Waals surface area contributed by atoms with Gasteiger partial charge in [-0.25, -0.2) is 8.42 Å². The van der Waals surface area contributed by atoms with Gasteiger partial charge in [-0.15, -0.1) is 0 Å². The van der Waals surface area contributed by atoms with Crippen molar-refractivity contribution in [2.75, 3.05) is 7.11 Å². The van der Waals surface area contributed by atoms with Gasteiger partial charge in [0.25, 0.3) is 0 Å². The fraction of sp³-hybridized carbons (Fsp3) is 0.0286.